The number of aromatic nitrogens is 3. The summed E-state index contributed by atoms with van der Waals surface area (Å²) in [6, 6.07) is 0. The highest BCUT2D eigenvalue weighted by atomic mass is 19.1. The smallest absolute Gasteiger partial charge is 0.151 e. The van der Waals surface area contributed by atoms with E-state index in [1.54, 1.807) is 4.57 Å². The number of allylic oxidation sites excluding steroid dienone is 3. The number of hydrogen-bond donors (Lipinski definition) is 2. The second-order valence-electron chi connectivity index (χ2n) is 6.32. The molecule has 1 saturated heterocycles. The van der Waals surface area contributed by atoms with Gasteiger partial charge in [0.2, 0.25) is 0 Å². The molecule has 0 bridgehead atoms. The topological polar surface area (TPSA) is 86.2 Å². The molecule has 3 heterocycles. The summed E-state index contributed by atoms with van der Waals surface area (Å²) in [6.07, 6.45) is 8.95. The molecule has 0 amide bonds. The standard InChI is InChI=1S/C17H19FN4O2/c18-8-13-21-14-15(22(13)9-17(23)6-7-24-10-17)11-4-2-1-3-5-12(11)20-16(14)19/h1-4,23H,5-10H2,(H2,19,20). The zero-order valence-corrected chi connectivity index (χ0v) is 13.2. The zero-order valence-electron chi connectivity index (χ0n) is 13.2. The summed E-state index contributed by atoms with van der Waals surface area (Å²) in [7, 11) is 0. The molecule has 2 aromatic heterocycles. The van der Waals surface area contributed by atoms with Crippen molar-refractivity contribution < 1.29 is 14.2 Å². The number of aliphatic hydroxyl groups is 1. The van der Waals surface area contributed by atoms with Crippen molar-refractivity contribution in [2.24, 2.45) is 0 Å². The van der Waals surface area contributed by atoms with Crippen molar-refractivity contribution in [1.82, 2.24) is 14.5 Å². The van der Waals surface area contributed by atoms with E-state index in [4.69, 9.17) is 10.5 Å². The lowest BCUT2D eigenvalue weighted by atomic mass is 10.0. The van der Waals surface area contributed by atoms with Gasteiger partial charge in [-0.2, -0.15) is 0 Å². The lowest BCUT2D eigenvalue weighted by molar-refractivity contribution is 0.0118. The van der Waals surface area contributed by atoms with E-state index in [9.17, 15) is 9.50 Å². The monoisotopic (exact) mass is 330 g/mol. The van der Waals surface area contributed by atoms with Gasteiger partial charge in [0.1, 0.15) is 23.6 Å². The molecule has 3 N–H and O–H groups in total. The predicted molar refractivity (Wildman–Crippen MR) is 89.0 cm³/mol. The van der Waals surface area contributed by atoms with Crippen molar-refractivity contribution in [2.45, 2.75) is 31.7 Å². The number of ether oxygens (including phenoxy) is 1. The van der Waals surface area contributed by atoms with E-state index in [-0.39, 0.29) is 24.8 Å². The van der Waals surface area contributed by atoms with Gasteiger partial charge >= 0.3 is 0 Å². The molecule has 2 aromatic rings. The van der Waals surface area contributed by atoms with E-state index >= 15 is 0 Å². The van der Waals surface area contributed by atoms with Crippen molar-refractivity contribution in [3.05, 3.63) is 35.3 Å². The van der Waals surface area contributed by atoms with Crippen molar-refractivity contribution in [3.8, 4) is 0 Å². The van der Waals surface area contributed by atoms with Crippen LogP contribution in [0.15, 0.2) is 18.2 Å². The third-order valence-corrected chi connectivity index (χ3v) is 4.59. The molecule has 0 saturated carbocycles. The number of anilines is 1. The van der Waals surface area contributed by atoms with Crippen molar-refractivity contribution >= 4 is 22.9 Å². The molecule has 2 aliphatic rings. The number of nitrogen functional groups attached to an aromatic ring is 1. The summed E-state index contributed by atoms with van der Waals surface area (Å²) < 4.78 is 20.6. The first-order valence-corrected chi connectivity index (χ1v) is 7.98. The third-order valence-electron chi connectivity index (χ3n) is 4.59. The number of nitrogens with two attached hydrogens (primary N) is 1. The average Bonchev–Trinajstić information content (AvgIpc) is 3.06. The van der Waals surface area contributed by atoms with Crippen LogP contribution in [-0.4, -0.2) is 38.5 Å². The van der Waals surface area contributed by atoms with Crippen molar-refractivity contribution in [2.75, 3.05) is 18.9 Å². The van der Waals surface area contributed by atoms with E-state index in [1.165, 1.54) is 0 Å². The maximum atomic E-state index is 13.6. The second kappa shape index (κ2) is 5.68. The van der Waals surface area contributed by atoms with Crippen LogP contribution in [0.5, 0.6) is 0 Å². The highest BCUT2D eigenvalue weighted by Crippen LogP contribution is 2.32. The van der Waals surface area contributed by atoms with E-state index < -0.39 is 12.3 Å². The van der Waals surface area contributed by atoms with Crippen LogP contribution >= 0.6 is 0 Å². The zero-order chi connectivity index (χ0) is 16.7. The van der Waals surface area contributed by atoms with Gasteiger partial charge in [-0.3, -0.25) is 0 Å². The summed E-state index contributed by atoms with van der Waals surface area (Å²) in [5.41, 5.74) is 7.95. The minimum atomic E-state index is -1.02. The van der Waals surface area contributed by atoms with Gasteiger partial charge in [-0.1, -0.05) is 24.3 Å². The Balaban J connectivity index is 1.95. The molecule has 126 valence electrons. The molecule has 6 nitrogen and oxygen atoms in total. The molecular formula is C17H19FN4O2. The van der Waals surface area contributed by atoms with Gasteiger partial charge in [0.15, 0.2) is 5.82 Å². The third kappa shape index (κ3) is 2.40. The Bertz CT molecular complexity index is 850. The maximum absolute atomic E-state index is 13.6. The fourth-order valence-corrected chi connectivity index (χ4v) is 3.37. The van der Waals surface area contributed by atoms with Crippen molar-refractivity contribution in [1.29, 1.82) is 0 Å². The Morgan fingerprint density at radius 2 is 2.25 bits per heavy atom. The van der Waals surface area contributed by atoms with Gasteiger partial charge in [0.05, 0.1) is 24.4 Å². The number of fused-ring (bicyclic) bond motifs is 3. The average molecular weight is 330 g/mol. The molecule has 7 heteroatoms. The molecule has 1 aliphatic heterocycles. The molecule has 0 aromatic carbocycles. The molecular weight excluding hydrogens is 311 g/mol. The van der Waals surface area contributed by atoms with E-state index in [0.717, 1.165) is 16.8 Å². The van der Waals surface area contributed by atoms with Crippen LogP contribution in [0, 0.1) is 0 Å². The summed E-state index contributed by atoms with van der Waals surface area (Å²) >= 11 is 0. The van der Waals surface area contributed by atoms with Gasteiger partial charge < -0.3 is 20.1 Å². The maximum Gasteiger partial charge on any atom is 0.151 e. The van der Waals surface area contributed by atoms with Crippen LogP contribution in [0.4, 0.5) is 10.2 Å². The summed E-state index contributed by atoms with van der Waals surface area (Å²) in [5, 5.41) is 10.7. The van der Waals surface area contributed by atoms with Gasteiger partial charge in [-0.25, -0.2) is 14.4 Å². The summed E-state index contributed by atoms with van der Waals surface area (Å²) in [5.74, 6) is 0.536. The van der Waals surface area contributed by atoms with Gasteiger partial charge in [-0.05, 0) is 0 Å². The fraction of sp³-hybridized carbons (Fsp3) is 0.412. The largest absolute Gasteiger partial charge is 0.386 e. The molecule has 0 radical (unpaired) electrons. The lowest BCUT2D eigenvalue weighted by Crippen LogP contribution is -2.35. The Labute approximate surface area is 138 Å². The first-order valence-electron chi connectivity index (χ1n) is 7.98. The highest BCUT2D eigenvalue weighted by molar-refractivity contribution is 5.93. The Morgan fingerprint density at radius 3 is 3.00 bits per heavy atom. The minimum absolute atomic E-state index is 0.222. The number of pyridine rings is 1. The Morgan fingerprint density at radius 1 is 1.38 bits per heavy atom. The summed E-state index contributed by atoms with van der Waals surface area (Å²) in [4.78, 5) is 8.77. The van der Waals surface area contributed by atoms with Crippen molar-refractivity contribution in [3.63, 3.8) is 0 Å². The van der Waals surface area contributed by atoms with Crippen LogP contribution < -0.4 is 5.73 Å². The van der Waals surface area contributed by atoms with Crippen LogP contribution in [-0.2, 0) is 24.4 Å². The Hall–Kier alpha value is -2.25. The normalized spacial score (nSPS) is 22.9. The molecule has 1 fully saturated rings. The molecule has 4 rings (SSSR count). The number of halogens is 1. The fourth-order valence-electron chi connectivity index (χ4n) is 3.37. The first-order chi connectivity index (χ1) is 11.6. The number of alkyl halides is 1. The van der Waals surface area contributed by atoms with Gasteiger partial charge in [0.25, 0.3) is 0 Å². The first kappa shape index (κ1) is 15.3. The number of imidazole rings is 1. The highest BCUT2D eigenvalue weighted by Gasteiger charge is 2.34. The predicted octanol–water partition coefficient (Wildman–Crippen LogP) is 1.76. The van der Waals surface area contributed by atoms with Gasteiger partial charge in [-0.15, -0.1) is 0 Å². The molecule has 1 unspecified atom stereocenters. The van der Waals surface area contributed by atoms with Crippen LogP contribution in [0.2, 0.25) is 0 Å². The SMILES string of the molecule is Nc1nc2c(c3c1nc(CF)n3CC1(O)CCOC1)C=CC=CC2. The summed E-state index contributed by atoms with van der Waals surface area (Å²) in [6.45, 7) is 0.222. The molecule has 0 spiro atoms. The van der Waals surface area contributed by atoms with Crippen LogP contribution in [0.25, 0.3) is 17.1 Å². The van der Waals surface area contributed by atoms with Crippen LogP contribution in [0.3, 0.4) is 0 Å². The van der Waals surface area contributed by atoms with E-state index in [1.807, 2.05) is 24.3 Å². The number of hydrogen-bond acceptors (Lipinski definition) is 5. The van der Waals surface area contributed by atoms with E-state index in [2.05, 4.69) is 9.97 Å². The molecule has 1 aliphatic carbocycles. The van der Waals surface area contributed by atoms with Crippen LogP contribution in [0.1, 0.15) is 23.5 Å². The Kier molecular flexibility index (Phi) is 3.62. The quantitative estimate of drug-likeness (QED) is 0.895. The molecule has 1 atom stereocenters. The van der Waals surface area contributed by atoms with Gasteiger partial charge in [0, 0.05) is 25.0 Å². The minimum Gasteiger partial charge on any atom is -0.386 e. The lowest BCUT2D eigenvalue weighted by Gasteiger charge is -2.23. The second-order valence-corrected chi connectivity index (χ2v) is 6.32. The van der Waals surface area contributed by atoms with E-state index in [0.29, 0.717) is 25.0 Å². The number of nitrogens with zero attached hydrogens (tertiary/aromatic N) is 3. The molecule has 24 heavy (non-hydrogen) atoms. The number of rotatable bonds is 3.